The Morgan fingerprint density at radius 1 is 0.854 bits per heavy atom. The summed E-state index contributed by atoms with van der Waals surface area (Å²) in [6.45, 7) is 12.5. The molecule has 0 unspecified atom stereocenters. The van der Waals surface area contributed by atoms with Crippen LogP contribution in [0.3, 0.4) is 0 Å². The number of Topliss-reactive ketones (excluding diaryl/α,β-unsaturated/α-hetero) is 1. The monoisotopic (exact) mass is 780 g/mol. The zero-order chi connectivity index (χ0) is 34.5. The molecule has 256 valence electrons. The van der Waals surface area contributed by atoms with Crippen LogP contribution in [0.4, 0.5) is 5.13 Å². The third-order valence-corrected chi connectivity index (χ3v) is 13.0. The first kappa shape index (κ1) is 37.2. The lowest BCUT2D eigenvalue weighted by atomic mass is 10.1. The zero-order valence-electron chi connectivity index (χ0n) is 27.4. The van der Waals surface area contributed by atoms with Gasteiger partial charge in [0.1, 0.15) is 0 Å². The Balaban J connectivity index is 0.000000155. The van der Waals surface area contributed by atoms with Crippen molar-refractivity contribution in [3.63, 3.8) is 0 Å². The second-order valence-electron chi connectivity index (χ2n) is 11.9. The molecular weight excluding hydrogens is 743 g/mol. The van der Waals surface area contributed by atoms with Crippen molar-refractivity contribution in [2.45, 2.75) is 13.8 Å². The second kappa shape index (κ2) is 16.8. The first-order chi connectivity index (χ1) is 22.9. The molecule has 2 saturated heterocycles. The van der Waals surface area contributed by atoms with Gasteiger partial charge in [0, 0.05) is 77.2 Å². The highest BCUT2D eigenvalue weighted by atomic mass is 35.5. The summed E-state index contributed by atoms with van der Waals surface area (Å²) in [5, 5.41) is 7.63. The molecule has 5 aromatic rings. The Labute approximate surface area is 314 Å². The van der Waals surface area contributed by atoms with Gasteiger partial charge in [0.2, 0.25) is 0 Å². The number of carbonyl (C=O) groups excluding carboxylic acids is 1. The highest BCUT2D eigenvalue weighted by Gasteiger charge is 2.20. The molecule has 5 heterocycles. The van der Waals surface area contributed by atoms with Crippen LogP contribution < -0.4 is 10.6 Å². The van der Waals surface area contributed by atoms with Crippen molar-refractivity contribution in [1.29, 1.82) is 0 Å². The number of fused-ring (bicyclic) bond motifs is 2. The van der Waals surface area contributed by atoms with Gasteiger partial charge in [-0.1, -0.05) is 23.2 Å². The van der Waals surface area contributed by atoms with Gasteiger partial charge in [-0.15, -0.1) is 45.6 Å². The van der Waals surface area contributed by atoms with Crippen LogP contribution in [0.1, 0.15) is 20.8 Å². The molecule has 3 aromatic heterocycles. The number of carbonyl (C=O) groups is 1. The SMILES string of the molecule is CN1CCN(C(N)=S)CC1.Cc1c(-c2csc(N3CCN(C)CC3)n2)sc2ccc(Cl)cc12.Cc1c(C(=O)CCl)sc2ccc(Cl)cc12. The van der Waals surface area contributed by atoms with Gasteiger partial charge in [-0.25, -0.2) is 4.98 Å². The Kier molecular flexibility index (Phi) is 13.0. The Bertz CT molecular complexity index is 1890. The number of hydrogen-bond acceptors (Lipinski definition) is 9. The largest absolute Gasteiger partial charge is 0.376 e. The van der Waals surface area contributed by atoms with Gasteiger partial charge in [-0.3, -0.25) is 4.79 Å². The number of thiazole rings is 1. The normalized spacial score (nSPS) is 15.6. The van der Waals surface area contributed by atoms with E-state index in [9.17, 15) is 4.79 Å². The number of hydrogen-bond donors (Lipinski definition) is 1. The molecular formula is C34H39Cl3N6OS4. The fourth-order valence-corrected chi connectivity index (χ4v) is 9.46. The maximum absolute atomic E-state index is 11.5. The fraction of sp³-hybridized carbons (Fsp3) is 0.382. The van der Waals surface area contributed by atoms with Gasteiger partial charge in [0.05, 0.1) is 21.3 Å². The number of nitrogens with two attached hydrogens (primary N) is 1. The molecule has 0 bridgehead atoms. The highest BCUT2D eigenvalue weighted by Crippen LogP contribution is 2.40. The molecule has 0 atom stereocenters. The van der Waals surface area contributed by atoms with Crippen LogP contribution in [0.15, 0.2) is 41.8 Å². The second-order valence-corrected chi connectivity index (χ2v) is 16.4. The summed E-state index contributed by atoms with van der Waals surface area (Å²) in [7, 11) is 4.28. The van der Waals surface area contributed by atoms with Crippen LogP contribution in [-0.4, -0.2) is 103 Å². The van der Waals surface area contributed by atoms with Crippen molar-refractivity contribution >= 4 is 117 Å². The number of likely N-dealkylation sites (N-methyl/N-ethyl adjacent to an activating group) is 2. The Hall–Kier alpha value is -2.06. The lowest BCUT2D eigenvalue weighted by Gasteiger charge is -2.32. The van der Waals surface area contributed by atoms with Crippen LogP contribution in [0.25, 0.3) is 30.7 Å². The van der Waals surface area contributed by atoms with Crippen molar-refractivity contribution in [1.82, 2.24) is 19.7 Å². The average molecular weight is 782 g/mol. The molecule has 2 aliphatic heterocycles. The number of rotatable bonds is 4. The molecule has 0 saturated carbocycles. The average Bonchev–Trinajstić information content (AvgIpc) is 3.78. The molecule has 0 radical (unpaired) electrons. The number of anilines is 1. The summed E-state index contributed by atoms with van der Waals surface area (Å²) in [6, 6.07) is 11.8. The van der Waals surface area contributed by atoms with E-state index in [4.69, 9.17) is 57.7 Å². The van der Waals surface area contributed by atoms with Crippen molar-refractivity contribution < 1.29 is 4.79 Å². The first-order valence-electron chi connectivity index (χ1n) is 15.5. The molecule has 0 spiro atoms. The summed E-state index contributed by atoms with van der Waals surface area (Å²) in [4.78, 5) is 27.5. The minimum atomic E-state index is -0.0218. The number of aromatic nitrogens is 1. The van der Waals surface area contributed by atoms with Gasteiger partial charge >= 0.3 is 0 Å². The van der Waals surface area contributed by atoms with E-state index >= 15 is 0 Å². The predicted molar refractivity (Wildman–Crippen MR) is 215 cm³/mol. The Morgan fingerprint density at radius 3 is 1.96 bits per heavy atom. The van der Waals surface area contributed by atoms with E-state index in [-0.39, 0.29) is 11.7 Å². The number of thiophene rings is 2. The van der Waals surface area contributed by atoms with Gasteiger partial charge in [0.15, 0.2) is 16.0 Å². The van der Waals surface area contributed by atoms with Crippen LogP contribution in [-0.2, 0) is 0 Å². The number of aryl methyl sites for hydroxylation is 2. The number of halogens is 3. The van der Waals surface area contributed by atoms with Gasteiger partial charge in [-0.05, 0) is 98.5 Å². The number of thiocarbonyl (C=S) groups is 1. The van der Waals surface area contributed by atoms with Crippen molar-refractivity contribution in [3.05, 3.63) is 67.8 Å². The standard InChI is InChI=1S/C17H18ClN3S2.C11H8Cl2OS.C6H13N3S/c1-11-13-9-12(18)3-4-15(13)23-16(11)14-10-22-17(19-14)21-7-5-20(2)6-8-21;1-6-8-4-7(13)2-3-10(8)15-11(6)9(14)5-12;1-8-2-4-9(5-3-8)6(7)10/h3-4,9-10H,5-8H2,1-2H3;2-4H,5H2,1H3;2-5H2,1H3,(H2,7,10). The summed E-state index contributed by atoms with van der Waals surface area (Å²) in [6.07, 6.45) is 0. The molecule has 0 amide bonds. The number of benzene rings is 2. The van der Waals surface area contributed by atoms with Crippen molar-refractivity contribution in [3.8, 4) is 10.6 Å². The molecule has 7 nitrogen and oxygen atoms in total. The lowest BCUT2D eigenvalue weighted by Crippen LogP contribution is -2.48. The Morgan fingerprint density at radius 2 is 1.40 bits per heavy atom. The third kappa shape index (κ3) is 8.99. The van der Waals surface area contributed by atoms with E-state index in [2.05, 4.69) is 53.2 Å². The van der Waals surface area contributed by atoms with E-state index < -0.39 is 0 Å². The van der Waals surface area contributed by atoms with Gasteiger partial charge in [0.25, 0.3) is 0 Å². The zero-order valence-corrected chi connectivity index (χ0v) is 32.9. The van der Waals surface area contributed by atoms with E-state index in [0.29, 0.717) is 10.1 Å². The molecule has 48 heavy (non-hydrogen) atoms. The van der Waals surface area contributed by atoms with Gasteiger partial charge in [-0.2, -0.15) is 0 Å². The van der Waals surface area contributed by atoms with Gasteiger partial charge < -0.3 is 25.3 Å². The molecule has 2 fully saturated rings. The number of ketones is 1. The summed E-state index contributed by atoms with van der Waals surface area (Å²) in [5.74, 6) is 0.00739. The van der Waals surface area contributed by atoms with Crippen LogP contribution >= 0.6 is 81.0 Å². The number of nitrogens with zero attached hydrogens (tertiary/aromatic N) is 5. The summed E-state index contributed by atoms with van der Waals surface area (Å²) < 4.78 is 2.35. The van der Waals surface area contributed by atoms with Crippen LogP contribution in [0.2, 0.25) is 10.0 Å². The minimum absolute atomic E-state index is 0.0218. The van der Waals surface area contributed by atoms with Crippen LogP contribution in [0, 0.1) is 13.8 Å². The molecule has 2 N–H and O–H groups in total. The van der Waals surface area contributed by atoms with E-state index in [1.807, 2.05) is 36.1 Å². The molecule has 2 aromatic carbocycles. The molecule has 14 heteroatoms. The maximum atomic E-state index is 11.5. The molecule has 7 rings (SSSR count). The first-order valence-corrected chi connectivity index (χ1v) is 19.7. The van der Waals surface area contributed by atoms with E-state index in [1.165, 1.54) is 31.9 Å². The number of alkyl halides is 1. The summed E-state index contributed by atoms with van der Waals surface area (Å²) in [5.41, 5.74) is 8.80. The van der Waals surface area contributed by atoms with E-state index in [0.717, 1.165) is 88.7 Å². The maximum Gasteiger partial charge on any atom is 0.187 e. The third-order valence-electron chi connectivity index (χ3n) is 8.48. The molecule has 0 aliphatic carbocycles. The van der Waals surface area contributed by atoms with Crippen LogP contribution in [0.5, 0.6) is 0 Å². The highest BCUT2D eigenvalue weighted by molar-refractivity contribution is 7.80. The molecule has 2 aliphatic rings. The van der Waals surface area contributed by atoms with Crippen molar-refractivity contribution in [2.24, 2.45) is 5.73 Å². The quantitative estimate of drug-likeness (QED) is 0.111. The minimum Gasteiger partial charge on any atom is -0.376 e. The number of piperazine rings is 2. The van der Waals surface area contributed by atoms with Crippen molar-refractivity contribution in [2.75, 3.05) is 77.2 Å². The lowest BCUT2D eigenvalue weighted by molar-refractivity contribution is 0.102. The van der Waals surface area contributed by atoms with E-state index in [1.54, 1.807) is 22.7 Å². The topological polar surface area (TPSA) is 68.9 Å². The summed E-state index contributed by atoms with van der Waals surface area (Å²) >= 11 is 27.5. The smallest absolute Gasteiger partial charge is 0.187 e. The predicted octanol–water partition coefficient (Wildman–Crippen LogP) is 8.50. The fourth-order valence-electron chi connectivity index (χ4n) is 5.50.